The molecule has 7 heteroatoms. The molecule has 0 aliphatic carbocycles. The number of ether oxygens (including phenoxy) is 1. The number of carbonyl (C=O) groups is 2. The Kier molecular flexibility index (Phi) is 9.87. The van der Waals surface area contributed by atoms with E-state index in [0.717, 1.165) is 0 Å². The van der Waals surface area contributed by atoms with Crippen LogP contribution in [0.25, 0.3) is 0 Å². The Morgan fingerprint density at radius 2 is 1.92 bits per heavy atom. The van der Waals surface area contributed by atoms with Crippen molar-refractivity contribution in [1.82, 2.24) is 0 Å². The van der Waals surface area contributed by atoms with Crippen LogP contribution in [-0.2, 0) is 18.9 Å². The molecule has 0 rings (SSSR count). The van der Waals surface area contributed by atoms with E-state index >= 15 is 0 Å². The van der Waals surface area contributed by atoms with Crippen molar-refractivity contribution in [3.8, 4) is 0 Å². The van der Waals surface area contributed by atoms with Gasteiger partial charge in [-0.25, -0.2) is 4.79 Å². The van der Waals surface area contributed by atoms with Crippen LogP contribution in [0.3, 0.4) is 0 Å². The molecular formula is C6H9LiO5P+. The van der Waals surface area contributed by atoms with E-state index in [1.807, 2.05) is 0 Å². The van der Waals surface area contributed by atoms with Crippen molar-refractivity contribution >= 4 is 19.3 Å². The Labute approximate surface area is 88.8 Å². The maximum atomic E-state index is 10.7. The Bertz CT molecular complexity index is 205. The minimum absolute atomic E-state index is 0. The first-order chi connectivity index (χ1) is 5.61. The number of hydrogen-bond acceptors (Lipinski definition) is 5. The molecule has 0 saturated heterocycles. The van der Waals surface area contributed by atoms with E-state index in [4.69, 9.17) is 0 Å². The Morgan fingerprint density at radius 3 is 2.31 bits per heavy atom. The fourth-order valence-corrected chi connectivity index (χ4v) is 1.01. The molecule has 0 aromatic carbocycles. The van der Waals surface area contributed by atoms with Crippen molar-refractivity contribution in [2.45, 2.75) is 12.8 Å². The molecule has 0 bridgehead atoms. The average molecular weight is 199 g/mol. The van der Waals surface area contributed by atoms with Crippen molar-refractivity contribution in [3.05, 3.63) is 0 Å². The third kappa shape index (κ3) is 6.91. The van der Waals surface area contributed by atoms with Crippen molar-refractivity contribution in [1.29, 1.82) is 0 Å². The Balaban J connectivity index is 0. The van der Waals surface area contributed by atoms with Gasteiger partial charge in [-0.15, -0.1) is 0 Å². The van der Waals surface area contributed by atoms with Crippen molar-refractivity contribution in [2.24, 2.45) is 0 Å². The van der Waals surface area contributed by atoms with Crippen LogP contribution < -0.4 is 24.0 Å². The molecule has 0 saturated carbocycles. The zero-order chi connectivity index (χ0) is 9.56. The van der Waals surface area contributed by atoms with E-state index in [1.54, 1.807) is 0 Å². The first-order valence-electron chi connectivity index (χ1n) is 3.24. The second-order valence-electron chi connectivity index (χ2n) is 1.98. The quantitative estimate of drug-likeness (QED) is 0.262. The van der Waals surface area contributed by atoms with E-state index in [0.29, 0.717) is 0 Å². The van der Waals surface area contributed by atoms with Crippen LogP contribution in [0.5, 0.6) is 0 Å². The molecule has 0 aromatic heterocycles. The largest absolute Gasteiger partial charge is 1.00 e. The molecule has 0 spiro atoms. The minimum Gasteiger partial charge on any atom is -0.815 e. The summed E-state index contributed by atoms with van der Waals surface area (Å²) in [6.45, 7) is 0. The molecular weight excluding hydrogens is 190 g/mol. The molecule has 0 fully saturated rings. The Hall–Kier alpha value is -0.203. The molecule has 0 aliphatic heterocycles. The van der Waals surface area contributed by atoms with E-state index in [2.05, 4.69) is 4.74 Å². The number of esters is 1. The van der Waals surface area contributed by atoms with Gasteiger partial charge in [-0.3, -0.25) is 4.79 Å². The minimum atomic E-state index is -2.33. The summed E-state index contributed by atoms with van der Waals surface area (Å²) < 4.78 is 14.8. The van der Waals surface area contributed by atoms with E-state index in [9.17, 15) is 19.3 Å². The maximum Gasteiger partial charge on any atom is 1.00 e. The summed E-state index contributed by atoms with van der Waals surface area (Å²) in [5.41, 5.74) is -0.662. The van der Waals surface area contributed by atoms with Gasteiger partial charge in [-0.05, 0) is 0 Å². The van der Waals surface area contributed by atoms with Crippen molar-refractivity contribution < 1.29 is 42.9 Å². The van der Waals surface area contributed by atoms with E-state index < -0.39 is 25.6 Å². The van der Waals surface area contributed by atoms with Gasteiger partial charge in [0, 0.05) is 0 Å². The summed E-state index contributed by atoms with van der Waals surface area (Å²) in [6.07, 6.45) is -1.20. The van der Waals surface area contributed by atoms with Crippen molar-refractivity contribution in [2.75, 3.05) is 13.5 Å². The second-order valence-corrected chi connectivity index (χ2v) is 3.49. The van der Waals surface area contributed by atoms with Gasteiger partial charge in [0.25, 0.3) is 0 Å². The Morgan fingerprint density at radius 1 is 1.38 bits per heavy atom. The fraction of sp³-hybridized carbons (Fsp3) is 0.667. The van der Waals surface area contributed by atoms with Crippen LogP contribution in [-0.4, -0.2) is 25.0 Å². The second kappa shape index (κ2) is 8.40. The van der Waals surface area contributed by atoms with Crippen LogP contribution >= 0.6 is 7.80 Å². The van der Waals surface area contributed by atoms with E-state index in [-0.39, 0.29) is 31.7 Å². The molecule has 5 nitrogen and oxygen atoms in total. The predicted molar refractivity (Wildman–Crippen MR) is 38.7 cm³/mol. The number of methoxy groups -OCH3 is 1. The van der Waals surface area contributed by atoms with Gasteiger partial charge in [0.15, 0.2) is 0 Å². The molecule has 0 radical (unpaired) electrons. The topological polar surface area (TPSA) is 83.5 Å². The van der Waals surface area contributed by atoms with E-state index in [1.165, 1.54) is 7.11 Å². The zero-order valence-corrected chi connectivity index (χ0v) is 8.50. The molecule has 13 heavy (non-hydrogen) atoms. The molecule has 1 atom stereocenters. The van der Waals surface area contributed by atoms with Gasteiger partial charge in [-0.2, -0.15) is 0 Å². The van der Waals surface area contributed by atoms with Crippen LogP contribution in [0.2, 0.25) is 0 Å². The normalized spacial score (nSPS) is 9.85. The zero-order valence-electron chi connectivity index (χ0n) is 7.61. The van der Waals surface area contributed by atoms with Gasteiger partial charge in [-0.1, -0.05) is 4.57 Å². The third-order valence-electron chi connectivity index (χ3n) is 1.17. The third-order valence-corrected chi connectivity index (χ3v) is 2.18. The summed E-state index contributed by atoms with van der Waals surface area (Å²) in [7, 11) is -1.13. The summed E-state index contributed by atoms with van der Waals surface area (Å²) in [5.74, 6) is -0.544. The molecule has 68 valence electrons. The smallest absolute Gasteiger partial charge is 0.815 e. The summed E-state index contributed by atoms with van der Waals surface area (Å²) in [6, 6.07) is 0. The van der Waals surface area contributed by atoms with Crippen LogP contribution in [0.1, 0.15) is 12.8 Å². The van der Waals surface area contributed by atoms with Crippen LogP contribution in [0, 0.1) is 0 Å². The van der Waals surface area contributed by atoms with Gasteiger partial charge in [0.1, 0.15) is 0 Å². The first-order valence-corrected chi connectivity index (χ1v) is 4.68. The molecule has 0 amide bonds. The van der Waals surface area contributed by atoms with Crippen LogP contribution in [0.15, 0.2) is 0 Å². The SMILES string of the molecule is COC(=O)CCC(=O)[P+](=O)C[O-].[Li+]. The van der Waals surface area contributed by atoms with Gasteiger partial charge >= 0.3 is 38.2 Å². The summed E-state index contributed by atoms with van der Waals surface area (Å²) in [5, 5.41) is 9.96. The average Bonchev–Trinajstić information content (AvgIpc) is 2.11. The van der Waals surface area contributed by atoms with Crippen molar-refractivity contribution in [3.63, 3.8) is 0 Å². The number of rotatable bonds is 5. The molecule has 0 aromatic rings. The number of carbonyl (C=O) groups excluding carboxylic acids is 2. The van der Waals surface area contributed by atoms with Gasteiger partial charge in [0.2, 0.25) is 0 Å². The molecule has 0 aliphatic rings. The van der Waals surface area contributed by atoms with Gasteiger partial charge < -0.3 is 9.84 Å². The maximum absolute atomic E-state index is 10.7. The molecule has 1 unspecified atom stereocenters. The monoisotopic (exact) mass is 199 g/mol. The summed E-state index contributed by atoms with van der Waals surface area (Å²) in [4.78, 5) is 21.2. The van der Waals surface area contributed by atoms with Crippen LogP contribution in [0.4, 0.5) is 0 Å². The summed E-state index contributed by atoms with van der Waals surface area (Å²) >= 11 is 0. The molecule has 0 N–H and O–H groups in total. The molecule has 0 heterocycles. The predicted octanol–water partition coefficient (Wildman–Crippen LogP) is -3.38. The number of hydrogen-bond donors (Lipinski definition) is 0. The standard InChI is InChI=1S/C6H9O5P.Li/c1-11-5(8)2-3-6(9)12(10)4-7;/h2-4H2,1H3;/q;+1. The van der Waals surface area contributed by atoms with Gasteiger partial charge in [0.05, 0.1) is 26.3 Å². The fourth-order valence-electron chi connectivity index (χ4n) is 0.508. The first kappa shape index (κ1) is 15.3.